The Morgan fingerprint density at radius 1 is 1.44 bits per heavy atom. The Morgan fingerprint density at radius 3 is 2.00 bits per heavy atom. The zero-order valence-corrected chi connectivity index (χ0v) is 5.18. The van der Waals surface area contributed by atoms with E-state index in [0.717, 1.165) is 19.3 Å². The molecule has 0 aromatic carbocycles. The van der Waals surface area contributed by atoms with Crippen molar-refractivity contribution in [2.45, 2.75) is 19.3 Å². The van der Waals surface area contributed by atoms with Crippen LogP contribution in [0.25, 0.3) is 0 Å². The van der Waals surface area contributed by atoms with Gasteiger partial charge < -0.3 is 5.11 Å². The number of carboxylic acids is 1. The zero-order chi connectivity index (χ0) is 6.70. The molecule has 0 heterocycles. The van der Waals surface area contributed by atoms with Crippen molar-refractivity contribution in [3.8, 4) is 0 Å². The predicted molar refractivity (Wildman–Crippen MR) is 31.7 cm³/mol. The molecule has 2 heteroatoms. The van der Waals surface area contributed by atoms with Gasteiger partial charge in [-0.3, -0.25) is 4.79 Å². The second-order valence-corrected chi connectivity index (χ2v) is 3.62. The Balaban J connectivity index is 2.13. The van der Waals surface area contributed by atoms with Gasteiger partial charge in [0.25, 0.3) is 0 Å². The van der Waals surface area contributed by atoms with Crippen LogP contribution in [0, 0.1) is 17.8 Å². The van der Waals surface area contributed by atoms with E-state index in [1.54, 1.807) is 0 Å². The first-order chi connectivity index (χ1) is 4.06. The van der Waals surface area contributed by atoms with Crippen LogP contribution in [0.5, 0.6) is 0 Å². The van der Waals surface area contributed by atoms with Gasteiger partial charge in [0.15, 0.2) is 0 Å². The molecule has 9 heavy (non-hydrogen) atoms. The topological polar surface area (TPSA) is 37.3 Å². The Labute approximate surface area is 53.9 Å². The average molecular weight is 125 g/mol. The van der Waals surface area contributed by atoms with E-state index in [-0.39, 0.29) is 10.8 Å². The van der Waals surface area contributed by atoms with Gasteiger partial charge in [-0.15, -0.1) is 0 Å². The molecule has 49 valence electrons. The van der Waals surface area contributed by atoms with Gasteiger partial charge >= 0.3 is 5.97 Å². The van der Waals surface area contributed by atoms with E-state index >= 15 is 0 Å². The predicted octanol–water partition coefficient (Wildman–Crippen LogP) is 1.08. The van der Waals surface area contributed by atoms with Crippen molar-refractivity contribution in [3.63, 3.8) is 0 Å². The van der Waals surface area contributed by atoms with Gasteiger partial charge in [0.1, 0.15) is 0 Å². The molecular weight excluding hydrogens is 116 g/mol. The van der Waals surface area contributed by atoms with Crippen molar-refractivity contribution < 1.29 is 9.90 Å². The normalized spacial score (nSPS) is 53.4. The molecule has 0 atom stereocenters. The number of aliphatic carboxylic acids is 1. The fraction of sp³-hybridized carbons (Fsp3) is 0.714. The summed E-state index contributed by atoms with van der Waals surface area (Å²) in [5.74, 6) is -0.618. The van der Waals surface area contributed by atoms with E-state index in [4.69, 9.17) is 5.11 Å². The zero-order valence-electron chi connectivity index (χ0n) is 5.18. The molecule has 1 radical (unpaired) electrons. The van der Waals surface area contributed by atoms with Crippen LogP contribution >= 0.6 is 0 Å². The van der Waals surface area contributed by atoms with Crippen LogP contribution in [0.15, 0.2) is 0 Å². The molecule has 3 saturated carbocycles. The highest BCUT2D eigenvalue weighted by atomic mass is 16.4. The summed E-state index contributed by atoms with van der Waals surface area (Å²) in [5, 5.41) is 8.62. The molecule has 1 N–H and O–H groups in total. The van der Waals surface area contributed by atoms with E-state index in [2.05, 4.69) is 6.92 Å². The van der Waals surface area contributed by atoms with Crippen LogP contribution in [-0.2, 0) is 4.79 Å². The highest BCUT2D eigenvalue weighted by Gasteiger charge is 2.69. The Hall–Kier alpha value is -0.530. The van der Waals surface area contributed by atoms with Crippen molar-refractivity contribution in [1.82, 2.24) is 0 Å². The van der Waals surface area contributed by atoms with E-state index in [9.17, 15) is 4.79 Å². The van der Waals surface area contributed by atoms with Crippen molar-refractivity contribution >= 4 is 5.97 Å². The summed E-state index contributed by atoms with van der Waals surface area (Å²) in [6, 6.07) is 0. The summed E-state index contributed by atoms with van der Waals surface area (Å²) < 4.78 is 0. The van der Waals surface area contributed by atoms with E-state index < -0.39 is 5.97 Å². The van der Waals surface area contributed by atoms with Crippen molar-refractivity contribution in [2.75, 3.05) is 0 Å². The third kappa shape index (κ3) is 0.406. The third-order valence-corrected chi connectivity index (χ3v) is 2.59. The average Bonchev–Trinajstić information content (AvgIpc) is 1.54. The molecule has 0 aromatic heterocycles. The molecule has 2 nitrogen and oxygen atoms in total. The molecule has 0 unspecified atom stereocenters. The van der Waals surface area contributed by atoms with Crippen LogP contribution in [0.1, 0.15) is 19.3 Å². The van der Waals surface area contributed by atoms with E-state index in [0.29, 0.717) is 0 Å². The van der Waals surface area contributed by atoms with Gasteiger partial charge in [-0.1, -0.05) is 0 Å². The summed E-state index contributed by atoms with van der Waals surface area (Å²) in [5.41, 5.74) is -0.139. The SMILES string of the molecule is [CH2]C12CC(C(=O)O)(C1)C2. The minimum atomic E-state index is -0.618. The molecule has 2 bridgehead atoms. The maximum atomic E-state index is 10.5. The van der Waals surface area contributed by atoms with Gasteiger partial charge in [0.2, 0.25) is 0 Å². The summed E-state index contributed by atoms with van der Waals surface area (Å²) in [6.45, 7) is 3.91. The first kappa shape index (κ1) is 5.27. The molecule has 3 rings (SSSR count). The monoisotopic (exact) mass is 125 g/mol. The van der Waals surface area contributed by atoms with E-state index in [1.165, 1.54) is 0 Å². The number of carboxylic acid groups (broad SMARTS) is 1. The Kier molecular flexibility index (Phi) is 0.600. The van der Waals surface area contributed by atoms with Crippen LogP contribution in [0.4, 0.5) is 0 Å². The second-order valence-electron chi connectivity index (χ2n) is 3.62. The lowest BCUT2D eigenvalue weighted by Gasteiger charge is -2.66. The highest BCUT2D eigenvalue weighted by molar-refractivity contribution is 5.79. The molecular formula is C7H9O2. The largest absolute Gasteiger partial charge is 0.481 e. The quantitative estimate of drug-likeness (QED) is 0.569. The molecule has 3 fully saturated rings. The maximum absolute atomic E-state index is 10.5. The number of hydrogen-bond acceptors (Lipinski definition) is 1. The standard InChI is InChI=1S/C7H9O2/c1-6-2-7(3-6,4-6)5(8)9/h1-4H2,(H,8,9). The lowest BCUT2D eigenvalue weighted by Crippen LogP contribution is -2.63. The van der Waals surface area contributed by atoms with E-state index in [1.807, 2.05) is 0 Å². The first-order valence-electron chi connectivity index (χ1n) is 3.15. The van der Waals surface area contributed by atoms with Crippen molar-refractivity contribution in [1.29, 1.82) is 0 Å². The van der Waals surface area contributed by atoms with Crippen LogP contribution < -0.4 is 0 Å². The lowest BCUT2D eigenvalue weighted by atomic mass is 9.36. The number of rotatable bonds is 1. The molecule has 0 aromatic rings. The smallest absolute Gasteiger partial charge is 0.309 e. The van der Waals surface area contributed by atoms with Crippen LogP contribution in [-0.4, -0.2) is 11.1 Å². The molecule has 0 aliphatic heterocycles. The minimum absolute atomic E-state index is 0.179. The van der Waals surface area contributed by atoms with Gasteiger partial charge in [-0.2, -0.15) is 0 Å². The molecule has 0 saturated heterocycles. The van der Waals surface area contributed by atoms with Gasteiger partial charge in [0, 0.05) is 0 Å². The molecule has 3 aliphatic rings. The summed E-state index contributed by atoms with van der Waals surface area (Å²) in [7, 11) is 0. The summed E-state index contributed by atoms with van der Waals surface area (Å²) in [4.78, 5) is 10.5. The van der Waals surface area contributed by atoms with Gasteiger partial charge in [0.05, 0.1) is 5.41 Å². The fourth-order valence-electron chi connectivity index (χ4n) is 2.22. The van der Waals surface area contributed by atoms with Crippen molar-refractivity contribution in [3.05, 3.63) is 6.92 Å². The second kappa shape index (κ2) is 1.02. The fourth-order valence-corrected chi connectivity index (χ4v) is 2.22. The highest BCUT2D eigenvalue weighted by Crippen LogP contribution is 2.72. The minimum Gasteiger partial charge on any atom is -0.481 e. The first-order valence-corrected chi connectivity index (χ1v) is 3.15. The van der Waals surface area contributed by atoms with Crippen LogP contribution in [0.3, 0.4) is 0 Å². The lowest BCUT2D eigenvalue weighted by molar-refractivity contribution is -0.206. The summed E-state index contributed by atoms with van der Waals surface area (Å²) in [6.07, 6.45) is 2.44. The van der Waals surface area contributed by atoms with Gasteiger partial charge in [-0.05, 0) is 31.6 Å². The van der Waals surface area contributed by atoms with Crippen molar-refractivity contribution in [2.24, 2.45) is 10.8 Å². The molecule has 0 spiro atoms. The number of carbonyl (C=O) groups is 1. The molecule has 0 amide bonds. The maximum Gasteiger partial charge on any atom is 0.309 e. The molecule has 3 aliphatic carbocycles. The third-order valence-electron chi connectivity index (χ3n) is 2.59. The number of hydrogen-bond donors (Lipinski definition) is 1. The Bertz CT molecular complexity index is 164. The summed E-state index contributed by atoms with van der Waals surface area (Å²) >= 11 is 0. The van der Waals surface area contributed by atoms with Crippen LogP contribution in [0.2, 0.25) is 0 Å². The Morgan fingerprint density at radius 2 is 1.89 bits per heavy atom. The van der Waals surface area contributed by atoms with Gasteiger partial charge in [-0.25, -0.2) is 0 Å².